The molecule has 4 saturated carbocycles. The number of aliphatic hydroxyl groups excluding tert-OH is 1. The molecular formula is C16H28O. The van der Waals surface area contributed by atoms with Gasteiger partial charge in [0.15, 0.2) is 0 Å². The molecule has 0 aromatic carbocycles. The highest BCUT2D eigenvalue weighted by molar-refractivity contribution is 5.00. The number of hydrogen-bond donors (Lipinski definition) is 1. The SMILES string of the molecule is CCC(C)CC(O)C1C2CC3CC(C2)CC1C3. The maximum absolute atomic E-state index is 10.6. The first kappa shape index (κ1) is 12.0. The van der Waals surface area contributed by atoms with E-state index in [1.807, 2.05) is 0 Å². The van der Waals surface area contributed by atoms with Gasteiger partial charge in [-0.15, -0.1) is 0 Å². The van der Waals surface area contributed by atoms with E-state index in [0.29, 0.717) is 11.8 Å². The van der Waals surface area contributed by atoms with E-state index in [1.165, 1.54) is 38.5 Å². The van der Waals surface area contributed by atoms with Gasteiger partial charge in [-0.1, -0.05) is 20.3 Å². The molecule has 0 aromatic heterocycles. The largest absolute Gasteiger partial charge is 0.393 e. The quantitative estimate of drug-likeness (QED) is 0.786. The van der Waals surface area contributed by atoms with Crippen LogP contribution in [0.25, 0.3) is 0 Å². The Labute approximate surface area is 106 Å². The lowest BCUT2D eigenvalue weighted by molar-refractivity contribution is -0.0942. The minimum Gasteiger partial charge on any atom is -0.393 e. The Bertz CT molecular complexity index is 245. The average Bonchev–Trinajstić information content (AvgIpc) is 2.27. The Morgan fingerprint density at radius 1 is 1.00 bits per heavy atom. The lowest BCUT2D eigenvalue weighted by Crippen LogP contribution is -2.49. The molecule has 0 heterocycles. The standard InChI is InChI=1S/C16H28O/c1-3-10(2)4-15(17)16-13-6-11-5-12(8-13)9-14(16)7-11/h10-17H,3-9H2,1-2H3. The van der Waals surface area contributed by atoms with Crippen molar-refractivity contribution in [3.8, 4) is 0 Å². The molecule has 4 fully saturated rings. The van der Waals surface area contributed by atoms with Gasteiger partial charge in [-0.3, -0.25) is 0 Å². The maximum Gasteiger partial charge on any atom is 0.0576 e. The van der Waals surface area contributed by atoms with E-state index < -0.39 is 0 Å². The van der Waals surface area contributed by atoms with E-state index in [9.17, 15) is 5.11 Å². The molecule has 4 aliphatic carbocycles. The molecule has 0 amide bonds. The first-order chi connectivity index (χ1) is 8.17. The van der Waals surface area contributed by atoms with E-state index in [1.54, 1.807) is 0 Å². The fraction of sp³-hybridized carbons (Fsp3) is 1.00. The van der Waals surface area contributed by atoms with Crippen molar-refractivity contribution in [2.45, 2.75) is 64.9 Å². The second-order valence-electron chi connectivity index (χ2n) is 7.32. The molecule has 1 N–H and O–H groups in total. The van der Waals surface area contributed by atoms with Crippen LogP contribution in [0.1, 0.15) is 58.8 Å². The summed E-state index contributed by atoms with van der Waals surface area (Å²) in [5.74, 6) is 5.18. The second-order valence-corrected chi connectivity index (χ2v) is 7.32. The molecule has 4 bridgehead atoms. The van der Waals surface area contributed by atoms with Gasteiger partial charge >= 0.3 is 0 Å². The zero-order valence-corrected chi connectivity index (χ0v) is 11.4. The molecule has 4 aliphatic rings. The van der Waals surface area contributed by atoms with Crippen LogP contribution in [0, 0.1) is 35.5 Å². The van der Waals surface area contributed by atoms with E-state index in [-0.39, 0.29) is 6.10 Å². The van der Waals surface area contributed by atoms with Crippen LogP contribution in [-0.2, 0) is 0 Å². The summed E-state index contributed by atoms with van der Waals surface area (Å²) < 4.78 is 0. The Kier molecular flexibility index (Phi) is 3.23. The summed E-state index contributed by atoms with van der Waals surface area (Å²) in [5.41, 5.74) is 0. The van der Waals surface area contributed by atoms with Crippen molar-refractivity contribution >= 4 is 0 Å². The van der Waals surface area contributed by atoms with Crippen molar-refractivity contribution in [1.29, 1.82) is 0 Å². The maximum atomic E-state index is 10.6. The highest BCUT2D eigenvalue weighted by atomic mass is 16.3. The number of rotatable bonds is 4. The predicted octanol–water partition coefficient (Wildman–Crippen LogP) is 3.86. The van der Waals surface area contributed by atoms with Gasteiger partial charge in [-0.25, -0.2) is 0 Å². The number of aliphatic hydroxyl groups is 1. The summed E-state index contributed by atoms with van der Waals surface area (Å²) in [5, 5.41) is 10.6. The van der Waals surface area contributed by atoms with Crippen molar-refractivity contribution in [2.75, 3.05) is 0 Å². The van der Waals surface area contributed by atoms with Gasteiger partial charge in [-0.05, 0) is 74.0 Å². The van der Waals surface area contributed by atoms with E-state index in [4.69, 9.17) is 0 Å². The first-order valence-corrected chi connectivity index (χ1v) is 7.85. The molecule has 1 nitrogen and oxygen atoms in total. The third-order valence-corrected chi connectivity index (χ3v) is 6.08. The summed E-state index contributed by atoms with van der Waals surface area (Å²) in [4.78, 5) is 0. The van der Waals surface area contributed by atoms with Gasteiger partial charge in [0.25, 0.3) is 0 Å². The van der Waals surface area contributed by atoms with Crippen LogP contribution in [0.4, 0.5) is 0 Å². The van der Waals surface area contributed by atoms with Crippen LogP contribution >= 0.6 is 0 Å². The molecule has 0 spiro atoms. The smallest absolute Gasteiger partial charge is 0.0576 e. The van der Waals surface area contributed by atoms with Gasteiger partial charge in [0.2, 0.25) is 0 Å². The summed E-state index contributed by atoms with van der Waals surface area (Å²) >= 11 is 0. The summed E-state index contributed by atoms with van der Waals surface area (Å²) in [6.07, 6.45) is 9.53. The molecule has 2 atom stereocenters. The molecule has 0 aliphatic heterocycles. The fourth-order valence-electron chi connectivity index (χ4n) is 5.33. The lowest BCUT2D eigenvalue weighted by Gasteiger charge is -2.55. The van der Waals surface area contributed by atoms with Crippen molar-refractivity contribution in [3.63, 3.8) is 0 Å². The van der Waals surface area contributed by atoms with E-state index in [0.717, 1.165) is 30.1 Å². The summed E-state index contributed by atoms with van der Waals surface area (Å²) in [7, 11) is 0. The third-order valence-electron chi connectivity index (χ3n) is 6.08. The molecule has 0 radical (unpaired) electrons. The van der Waals surface area contributed by atoms with Crippen molar-refractivity contribution in [3.05, 3.63) is 0 Å². The molecular weight excluding hydrogens is 208 g/mol. The first-order valence-electron chi connectivity index (χ1n) is 7.85. The highest BCUT2D eigenvalue weighted by Crippen LogP contribution is 2.57. The minimum atomic E-state index is -0.0000463. The van der Waals surface area contributed by atoms with E-state index in [2.05, 4.69) is 13.8 Å². The van der Waals surface area contributed by atoms with Crippen LogP contribution in [-0.4, -0.2) is 11.2 Å². The van der Waals surface area contributed by atoms with Crippen LogP contribution in [0.3, 0.4) is 0 Å². The zero-order chi connectivity index (χ0) is 12.0. The Hall–Kier alpha value is -0.0400. The zero-order valence-electron chi connectivity index (χ0n) is 11.4. The summed E-state index contributed by atoms with van der Waals surface area (Å²) in [6, 6.07) is 0. The van der Waals surface area contributed by atoms with Gasteiger partial charge in [-0.2, -0.15) is 0 Å². The van der Waals surface area contributed by atoms with Crippen molar-refractivity contribution in [2.24, 2.45) is 35.5 Å². The van der Waals surface area contributed by atoms with Crippen molar-refractivity contribution < 1.29 is 5.11 Å². The van der Waals surface area contributed by atoms with Gasteiger partial charge in [0, 0.05) is 0 Å². The summed E-state index contributed by atoms with van der Waals surface area (Å²) in [6.45, 7) is 4.54. The van der Waals surface area contributed by atoms with Gasteiger partial charge in [0.05, 0.1) is 6.10 Å². The minimum absolute atomic E-state index is 0.0000463. The third kappa shape index (κ3) is 2.16. The van der Waals surface area contributed by atoms with Crippen LogP contribution in [0.15, 0.2) is 0 Å². The normalized spacial score (nSPS) is 47.1. The molecule has 17 heavy (non-hydrogen) atoms. The molecule has 1 heteroatoms. The topological polar surface area (TPSA) is 20.2 Å². The lowest BCUT2D eigenvalue weighted by atomic mass is 9.50. The second kappa shape index (κ2) is 4.57. The predicted molar refractivity (Wildman–Crippen MR) is 70.6 cm³/mol. The fourth-order valence-corrected chi connectivity index (χ4v) is 5.33. The Morgan fingerprint density at radius 3 is 2.00 bits per heavy atom. The molecule has 98 valence electrons. The average molecular weight is 236 g/mol. The Balaban J connectivity index is 1.67. The molecule has 0 saturated heterocycles. The Morgan fingerprint density at radius 2 is 1.53 bits per heavy atom. The molecule has 2 unspecified atom stereocenters. The van der Waals surface area contributed by atoms with Crippen molar-refractivity contribution in [1.82, 2.24) is 0 Å². The highest BCUT2D eigenvalue weighted by Gasteiger charge is 2.50. The van der Waals surface area contributed by atoms with Gasteiger partial charge in [0.1, 0.15) is 0 Å². The molecule has 0 aromatic rings. The number of hydrogen-bond acceptors (Lipinski definition) is 1. The van der Waals surface area contributed by atoms with Crippen LogP contribution in [0.5, 0.6) is 0 Å². The van der Waals surface area contributed by atoms with Crippen LogP contribution < -0.4 is 0 Å². The van der Waals surface area contributed by atoms with Crippen LogP contribution in [0.2, 0.25) is 0 Å². The monoisotopic (exact) mass is 236 g/mol. The van der Waals surface area contributed by atoms with Gasteiger partial charge < -0.3 is 5.11 Å². The van der Waals surface area contributed by atoms with E-state index >= 15 is 0 Å². The molecule has 4 rings (SSSR count).